The van der Waals surface area contributed by atoms with Crippen LogP contribution in [0.25, 0.3) is 0 Å². The number of nitrogens with zero attached hydrogens (tertiary/aromatic N) is 1. The van der Waals surface area contributed by atoms with Crippen molar-refractivity contribution in [2.75, 3.05) is 19.8 Å². The number of rotatable bonds is 8. The second-order valence-corrected chi connectivity index (χ2v) is 5.06. The zero-order chi connectivity index (χ0) is 15.8. The highest BCUT2D eigenvalue weighted by Gasteiger charge is 2.13. The van der Waals surface area contributed by atoms with Crippen molar-refractivity contribution in [1.82, 2.24) is 9.88 Å². The van der Waals surface area contributed by atoms with Crippen molar-refractivity contribution in [2.24, 2.45) is 0 Å². The van der Waals surface area contributed by atoms with E-state index < -0.39 is 0 Å². The lowest BCUT2D eigenvalue weighted by Crippen LogP contribution is -2.33. The molecule has 0 aliphatic heterocycles. The van der Waals surface area contributed by atoms with Crippen molar-refractivity contribution in [3.8, 4) is 0 Å². The van der Waals surface area contributed by atoms with Crippen LogP contribution in [-0.4, -0.2) is 30.2 Å². The number of benzene rings is 1. The van der Waals surface area contributed by atoms with Gasteiger partial charge in [-0.2, -0.15) is 0 Å². The van der Waals surface area contributed by atoms with Crippen LogP contribution in [0.5, 0.6) is 0 Å². The molecule has 118 valence electrons. The topological polar surface area (TPSA) is 43.3 Å². The fourth-order valence-electron chi connectivity index (χ4n) is 2.29. The van der Waals surface area contributed by atoms with E-state index in [2.05, 4.69) is 5.32 Å². The summed E-state index contributed by atoms with van der Waals surface area (Å²) >= 11 is 0. The van der Waals surface area contributed by atoms with Gasteiger partial charge in [-0.05, 0) is 43.2 Å². The third kappa shape index (κ3) is 5.00. The monoisotopic (exact) mass is 304 g/mol. The summed E-state index contributed by atoms with van der Waals surface area (Å²) in [6, 6.07) is 10.4. The van der Waals surface area contributed by atoms with Crippen molar-refractivity contribution in [1.29, 1.82) is 0 Å². The number of carbonyl (C=O) groups is 1. The Morgan fingerprint density at radius 3 is 2.77 bits per heavy atom. The highest BCUT2D eigenvalue weighted by Crippen LogP contribution is 2.15. The highest BCUT2D eigenvalue weighted by atomic mass is 19.1. The van der Waals surface area contributed by atoms with E-state index in [9.17, 15) is 9.18 Å². The Labute approximate surface area is 129 Å². The van der Waals surface area contributed by atoms with Gasteiger partial charge in [-0.3, -0.25) is 4.79 Å². The molecule has 0 saturated heterocycles. The number of carbonyl (C=O) groups excluding carboxylic acids is 1. The minimum atomic E-state index is -0.246. The molecule has 0 bridgehead atoms. The van der Waals surface area contributed by atoms with E-state index in [1.54, 1.807) is 6.07 Å². The molecule has 1 atom stereocenters. The molecule has 2 aromatic rings. The molecule has 0 saturated carbocycles. The summed E-state index contributed by atoms with van der Waals surface area (Å²) in [6.45, 7) is 2.89. The lowest BCUT2D eigenvalue weighted by molar-refractivity contribution is -0.125. The molecule has 0 fully saturated rings. The maximum absolute atomic E-state index is 13.3. The highest BCUT2D eigenvalue weighted by molar-refractivity contribution is 5.77. The molecule has 0 unspecified atom stereocenters. The van der Waals surface area contributed by atoms with Crippen LogP contribution in [0.3, 0.4) is 0 Å². The van der Waals surface area contributed by atoms with Crippen molar-refractivity contribution in [3.05, 3.63) is 60.2 Å². The quantitative estimate of drug-likeness (QED) is 0.814. The molecule has 22 heavy (non-hydrogen) atoms. The Morgan fingerprint density at radius 2 is 2.09 bits per heavy atom. The smallest absolute Gasteiger partial charge is 0.246 e. The molecule has 1 heterocycles. The van der Waals surface area contributed by atoms with Gasteiger partial charge in [0.15, 0.2) is 0 Å². The van der Waals surface area contributed by atoms with Gasteiger partial charge in [0.1, 0.15) is 12.4 Å². The molecule has 2 rings (SSSR count). The Morgan fingerprint density at radius 1 is 1.32 bits per heavy atom. The minimum absolute atomic E-state index is 0.0300. The average molecular weight is 304 g/mol. The predicted molar refractivity (Wildman–Crippen MR) is 83.1 cm³/mol. The molecule has 0 aliphatic carbocycles. The SMILES string of the molecule is CCOCC(=O)NC[C@@H](Cc1cccc(F)c1)n1cccc1. The van der Waals surface area contributed by atoms with Crippen molar-refractivity contribution in [2.45, 2.75) is 19.4 Å². The van der Waals surface area contributed by atoms with E-state index in [1.807, 2.05) is 42.1 Å². The second kappa shape index (κ2) is 8.34. The summed E-state index contributed by atoms with van der Waals surface area (Å²) in [6.07, 6.45) is 4.53. The summed E-state index contributed by atoms with van der Waals surface area (Å²) in [5.74, 6) is -0.387. The van der Waals surface area contributed by atoms with E-state index in [4.69, 9.17) is 4.74 Å². The molecule has 1 N–H and O–H groups in total. The van der Waals surface area contributed by atoms with Crippen LogP contribution in [0.4, 0.5) is 4.39 Å². The van der Waals surface area contributed by atoms with Gasteiger partial charge < -0.3 is 14.6 Å². The fourth-order valence-corrected chi connectivity index (χ4v) is 2.29. The Balaban J connectivity index is 1.99. The summed E-state index contributed by atoms with van der Waals surface area (Å²) < 4.78 is 20.4. The summed E-state index contributed by atoms with van der Waals surface area (Å²) in [5, 5.41) is 2.86. The van der Waals surface area contributed by atoms with Gasteiger partial charge in [-0.25, -0.2) is 4.39 Å². The zero-order valence-corrected chi connectivity index (χ0v) is 12.7. The number of amides is 1. The third-order valence-corrected chi connectivity index (χ3v) is 3.38. The maximum atomic E-state index is 13.3. The van der Waals surface area contributed by atoms with Crippen LogP contribution in [0.1, 0.15) is 18.5 Å². The first-order valence-electron chi connectivity index (χ1n) is 7.40. The van der Waals surface area contributed by atoms with Gasteiger partial charge >= 0.3 is 0 Å². The van der Waals surface area contributed by atoms with Gasteiger partial charge in [0.05, 0.1) is 6.04 Å². The minimum Gasteiger partial charge on any atom is -0.372 e. The molecular formula is C17H21FN2O2. The molecular weight excluding hydrogens is 283 g/mol. The summed E-state index contributed by atoms with van der Waals surface area (Å²) in [5.41, 5.74) is 0.901. The third-order valence-electron chi connectivity index (χ3n) is 3.38. The Hall–Kier alpha value is -2.14. The molecule has 1 aromatic carbocycles. The number of nitrogens with one attached hydrogen (secondary N) is 1. The van der Waals surface area contributed by atoms with E-state index in [0.29, 0.717) is 19.6 Å². The standard InChI is InChI=1S/C17H21FN2O2/c1-2-22-13-17(21)19-12-16(20-8-3-4-9-20)11-14-6-5-7-15(18)10-14/h3-10,16H,2,11-13H2,1H3,(H,19,21)/t16-/m1/s1. The van der Waals surface area contributed by atoms with Crippen molar-refractivity contribution >= 4 is 5.91 Å². The summed E-state index contributed by atoms with van der Waals surface area (Å²) in [7, 11) is 0. The van der Waals surface area contributed by atoms with Gasteiger partial charge in [-0.1, -0.05) is 12.1 Å². The van der Waals surface area contributed by atoms with E-state index >= 15 is 0 Å². The lowest BCUT2D eigenvalue weighted by Gasteiger charge is -2.20. The van der Waals surface area contributed by atoms with Crippen molar-refractivity contribution < 1.29 is 13.9 Å². The molecule has 1 aromatic heterocycles. The Kier molecular flexibility index (Phi) is 6.15. The molecule has 0 radical (unpaired) electrons. The van der Waals surface area contributed by atoms with Gasteiger partial charge in [0.2, 0.25) is 5.91 Å². The van der Waals surface area contributed by atoms with Gasteiger partial charge in [0.25, 0.3) is 0 Å². The number of aromatic nitrogens is 1. The fraction of sp³-hybridized carbons (Fsp3) is 0.353. The van der Waals surface area contributed by atoms with E-state index in [0.717, 1.165) is 5.56 Å². The molecule has 0 spiro atoms. The lowest BCUT2D eigenvalue weighted by atomic mass is 10.1. The van der Waals surface area contributed by atoms with E-state index in [1.165, 1.54) is 12.1 Å². The molecule has 5 heteroatoms. The van der Waals surface area contributed by atoms with Crippen LogP contribution in [-0.2, 0) is 16.0 Å². The van der Waals surface area contributed by atoms with Crippen LogP contribution in [0.15, 0.2) is 48.8 Å². The van der Waals surface area contributed by atoms with E-state index in [-0.39, 0.29) is 24.4 Å². The zero-order valence-electron chi connectivity index (χ0n) is 12.7. The predicted octanol–water partition coefficient (Wildman–Crippen LogP) is 2.56. The van der Waals surface area contributed by atoms with Crippen LogP contribution in [0, 0.1) is 5.82 Å². The van der Waals surface area contributed by atoms with Gasteiger partial charge in [-0.15, -0.1) is 0 Å². The first-order valence-corrected chi connectivity index (χ1v) is 7.40. The first kappa shape index (κ1) is 16.2. The summed E-state index contributed by atoms with van der Waals surface area (Å²) in [4.78, 5) is 11.7. The second-order valence-electron chi connectivity index (χ2n) is 5.06. The normalized spacial score (nSPS) is 12.1. The van der Waals surface area contributed by atoms with Crippen LogP contribution in [0.2, 0.25) is 0 Å². The Bertz CT molecular complexity index is 584. The first-order chi connectivity index (χ1) is 10.7. The van der Waals surface area contributed by atoms with Crippen molar-refractivity contribution in [3.63, 3.8) is 0 Å². The number of ether oxygens (including phenoxy) is 1. The van der Waals surface area contributed by atoms with Crippen LogP contribution < -0.4 is 5.32 Å². The maximum Gasteiger partial charge on any atom is 0.246 e. The van der Waals surface area contributed by atoms with Gasteiger partial charge in [0, 0.05) is 25.5 Å². The average Bonchev–Trinajstić information content (AvgIpc) is 3.03. The molecule has 1 amide bonds. The molecule has 4 nitrogen and oxygen atoms in total. The number of hydrogen-bond donors (Lipinski definition) is 1. The number of hydrogen-bond acceptors (Lipinski definition) is 2. The van der Waals surface area contributed by atoms with Crippen LogP contribution >= 0.6 is 0 Å². The number of halogens is 1. The largest absolute Gasteiger partial charge is 0.372 e. The molecule has 0 aliphatic rings.